The Morgan fingerprint density at radius 2 is 1.82 bits per heavy atom. The van der Waals surface area contributed by atoms with Crippen LogP contribution in [0.4, 0.5) is 14.6 Å². The Hall–Kier alpha value is -2.09. The fourth-order valence-electron chi connectivity index (χ4n) is 6.77. The largest absolute Gasteiger partial charge is 0.595 e. The van der Waals surface area contributed by atoms with Crippen LogP contribution in [-0.2, 0) is 14.3 Å². The van der Waals surface area contributed by atoms with Crippen molar-refractivity contribution in [1.82, 2.24) is 9.55 Å². The third-order valence-corrected chi connectivity index (χ3v) is 9.14. The van der Waals surface area contributed by atoms with E-state index in [0.29, 0.717) is 30.3 Å². The molecule has 40 heavy (non-hydrogen) atoms. The van der Waals surface area contributed by atoms with Crippen molar-refractivity contribution in [2.45, 2.75) is 101 Å². The number of aliphatic carboxylic acids is 1. The van der Waals surface area contributed by atoms with Crippen molar-refractivity contribution in [2.24, 2.45) is 28.0 Å². The number of carboxylic acid groups (broad SMARTS) is 1. The highest BCUT2D eigenvalue weighted by Crippen LogP contribution is 2.51. The number of halogens is 2. The average Bonchev–Trinajstić information content (AvgIpc) is 3.08. The molecule has 6 atom stereocenters. The van der Waals surface area contributed by atoms with E-state index in [2.05, 4.69) is 9.73 Å². The molecule has 0 spiro atoms. The fraction of sp³-hybridized carbons (Fsp3) is 0.800. The van der Waals surface area contributed by atoms with E-state index < -0.39 is 61.9 Å². The molecule has 3 fully saturated rings. The van der Waals surface area contributed by atoms with Gasteiger partial charge in [0.2, 0.25) is 0 Å². The minimum Gasteiger partial charge on any atom is -0.595 e. The molecule has 1 unspecified atom stereocenters. The van der Waals surface area contributed by atoms with E-state index >= 15 is 8.78 Å². The number of hydrogen-bond donors (Lipinski definition) is 4. The summed E-state index contributed by atoms with van der Waals surface area (Å²) in [5.74, 6) is -6.19. The van der Waals surface area contributed by atoms with Gasteiger partial charge in [-0.3, -0.25) is 4.57 Å². The Labute approximate surface area is 231 Å². The van der Waals surface area contributed by atoms with Gasteiger partial charge in [0.25, 0.3) is 13.9 Å². The first kappa shape index (κ1) is 30.9. The van der Waals surface area contributed by atoms with Crippen LogP contribution in [0.3, 0.4) is 0 Å². The lowest BCUT2D eigenvalue weighted by molar-refractivity contribution is -0.249. The molecule has 1 saturated heterocycles. The van der Waals surface area contributed by atoms with Crippen LogP contribution >= 0.6 is 8.09 Å². The number of carbonyl (C=O) groups is 1. The van der Waals surface area contributed by atoms with Crippen molar-refractivity contribution in [2.75, 3.05) is 12.3 Å². The van der Waals surface area contributed by atoms with E-state index in [0.717, 1.165) is 51.6 Å². The number of aromatic nitrogens is 2. The van der Waals surface area contributed by atoms with Gasteiger partial charge in [0.1, 0.15) is 12.4 Å². The minimum atomic E-state index is -3.31. The molecule has 0 aromatic carbocycles. The standard InChI is InChI=1S/C25H38F2N5O7P/c1-23(26)19(33)24(27,39-20(23)32-13-12-17(28)30-22(32)36)14-38-25(21(34)35,31-40(29)37)18(15-8-4-2-5-9-15)16-10-6-3-7-11-16/h12-13,15-16,18-20,33H,2-11,14H2,1H3,(H2,29,31)(H,34,35)(H2,28,30,36)/t19-,20+,23+,24+,25+/m0/s1. The molecule has 224 valence electrons. The van der Waals surface area contributed by atoms with Crippen LogP contribution in [0.1, 0.15) is 77.4 Å². The molecule has 4 rings (SSSR count). The fourth-order valence-corrected chi connectivity index (χ4v) is 7.34. The van der Waals surface area contributed by atoms with Crippen molar-refractivity contribution in [3.63, 3.8) is 0 Å². The van der Waals surface area contributed by atoms with E-state index in [1.165, 1.54) is 6.07 Å². The quantitative estimate of drug-likeness (QED) is 0.310. The maximum atomic E-state index is 16.3. The molecule has 0 radical (unpaired) electrons. The molecule has 12 nitrogen and oxygen atoms in total. The number of nitrogens with two attached hydrogens (primary N) is 2. The van der Waals surface area contributed by atoms with E-state index in [4.69, 9.17) is 20.7 Å². The van der Waals surface area contributed by atoms with Gasteiger partial charge in [-0.2, -0.15) is 4.98 Å². The molecule has 1 aromatic rings. The van der Waals surface area contributed by atoms with Crippen LogP contribution in [-0.4, -0.2) is 55.7 Å². The molecule has 0 amide bonds. The number of carboxylic acids is 1. The maximum Gasteiger partial charge on any atom is 0.363 e. The van der Waals surface area contributed by atoms with E-state index in [9.17, 15) is 24.7 Å². The smallest absolute Gasteiger partial charge is 0.363 e. The summed E-state index contributed by atoms with van der Waals surface area (Å²) in [4.78, 5) is 41.1. The number of ether oxygens (including phenoxy) is 2. The summed E-state index contributed by atoms with van der Waals surface area (Å²) in [7, 11) is -2.91. The number of nitrogen functional groups attached to an aromatic ring is 1. The van der Waals surface area contributed by atoms with Gasteiger partial charge < -0.3 is 30.3 Å². The second kappa shape index (κ2) is 12.0. The van der Waals surface area contributed by atoms with E-state index in [1.807, 2.05) is 0 Å². The molecule has 15 heteroatoms. The molecule has 1 aromatic heterocycles. The number of aliphatic hydroxyl groups is 1. The number of nitrogens with zero attached hydrogens (tertiary/aromatic N) is 3. The lowest BCUT2D eigenvalue weighted by Gasteiger charge is -2.44. The van der Waals surface area contributed by atoms with Crippen molar-refractivity contribution < 1.29 is 38.2 Å². The topological polar surface area (TPSA) is 198 Å². The van der Waals surface area contributed by atoms with E-state index in [-0.39, 0.29) is 17.7 Å². The maximum absolute atomic E-state index is 16.3. The van der Waals surface area contributed by atoms with Gasteiger partial charge in [-0.05, 0) is 55.3 Å². The second-order valence-electron chi connectivity index (χ2n) is 11.4. The van der Waals surface area contributed by atoms with Crippen LogP contribution in [0.2, 0.25) is 0 Å². The predicted octanol–water partition coefficient (Wildman–Crippen LogP) is 2.50. The normalized spacial score (nSPS) is 32.3. The number of anilines is 1. The third kappa shape index (κ3) is 5.93. The van der Waals surface area contributed by atoms with Crippen LogP contribution in [0.5, 0.6) is 0 Å². The highest BCUT2D eigenvalue weighted by molar-refractivity contribution is 7.36. The van der Waals surface area contributed by atoms with Gasteiger partial charge in [-0.25, -0.2) is 18.4 Å². The summed E-state index contributed by atoms with van der Waals surface area (Å²) in [6, 6.07) is 1.17. The van der Waals surface area contributed by atoms with Crippen LogP contribution in [0.25, 0.3) is 0 Å². The molecule has 0 bridgehead atoms. The lowest BCUT2D eigenvalue weighted by atomic mass is 9.65. The minimum absolute atomic E-state index is 0.157. The molecule has 6 N–H and O–H groups in total. The molecule has 1 aliphatic heterocycles. The van der Waals surface area contributed by atoms with Gasteiger partial charge in [-0.1, -0.05) is 38.5 Å². The number of aliphatic hydroxyl groups excluding tert-OH is 1. The number of alkyl halides is 2. The first-order chi connectivity index (χ1) is 18.8. The van der Waals surface area contributed by atoms with Crippen molar-refractivity contribution >= 4 is 19.9 Å². The zero-order valence-corrected chi connectivity index (χ0v) is 23.3. The summed E-state index contributed by atoms with van der Waals surface area (Å²) >= 11 is 0. The van der Waals surface area contributed by atoms with Gasteiger partial charge in [0.15, 0.2) is 18.0 Å². The third-order valence-electron chi connectivity index (χ3n) is 8.65. The molecule has 3 aliphatic rings. The van der Waals surface area contributed by atoms with Gasteiger partial charge >= 0.3 is 17.4 Å². The monoisotopic (exact) mass is 589 g/mol. The molecule has 2 heterocycles. The second-order valence-corrected chi connectivity index (χ2v) is 12.2. The Morgan fingerprint density at radius 1 is 1.27 bits per heavy atom. The summed E-state index contributed by atoms with van der Waals surface area (Å²) in [6.45, 7) is -0.443. The summed E-state index contributed by atoms with van der Waals surface area (Å²) in [6.07, 6.45) is 4.73. The van der Waals surface area contributed by atoms with Gasteiger partial charge in [-0.15, -0.1) is 5.50 Å². The van der Waals surface area contributed by atoms with Gasteiger partial charge in [0.05, 0.1) is 0 Å². The average molecular weight is 590 g/mol. The van der Waals surface area contributed by atoms with Crippen LogP contribution in [0, 0.1) is 17.8 Å². The molecule has 2 saturated carbocycles. The molecular formula is C25H38F2N5O7P. The SMILES string of the molecule is C[C@]1(F)[C@H](n2ccc(N)nc2=O)O[C@](F)(CO[C@@](N=[P+](N)[O-])(C(=O)O)C(C2CCCCC2)C2CCCCC2)[C@H]1O. The molecule has 2 aliphatic carbocycles. The number of rotatable bonds is 9. The first-order valence-electron chi connectivity index (χ1n) is 13.7. The zero-order valence-electron chi connectivity index (χ0n) is 22.5. The van der Waals surface area contributed by atoms with Crippen molar-refractivity contribution in [3.8, 4) is 0 Å². The Balaban J connectivity index is 1.72. The van der Waals surface area contributed by atoms with Gasteiger partial charge in [0, 0.05) is 12.1 Å². The first-order valence-corrected chi connectivity index (χ1v) is 15.0. The summed E-state index contributed by atoms with van der Waals surface area (Å²) in [5, 5.41) is 21.3. The highest BCUT2D eigenvalue weighted by atomic mass is 31.1. The number of hydrogen-bond acceptors (Lipinski definition) is 9. The van der Waals surface area contributed by atoms with Crippen molar-refractivity contribution in [1.29, 1.82) is 0 Å². The Bertz CT molecular complexity index is 1140. The summed E-state index contributed by atoms with van der Waals surface area (Å²) in [5.41, 5.74) is 4.58. The lowest BCUT2D eigenvalue weighted by Crippen LogP contribution is -2.56. The summed E-state index contributed by atoms with van der Waals surface area (Å²) < 4.78 is 47.6. The highest BCUT2D eigenvalue weighted by Gasteiger charge is 2.66. The van der Waals surface area contributed by atoms with Crippen LogP contribution in [0.15, 0.2) is 21.8 Å². The predicted molar refractivity (Wildman–Crippen MR) is 139 cm³/mol. The Kier molecular flexibility index (Phi) is 9.28. The Morgan fingerprint density at radius 3 is 2.30 bits per heavy atom. The van der Waals surface area contributed by atoms with Crippen LogP contribution < -0.4 is 21.8 Å². The van der Waals surface area contributed by atoms with E-state index in [1.54, 1.807) is 0 Å². The molecular weight excluding hydrogens is 551 g/mol. The van der Waals surface area contributed by atoms with Crippen molar-refractivity contribution in [3.05, 3.63) is 22.7 Å². The zero-order chi connectivity index (χ0) is 29.3.